The Morgan fingerprint density at radius 1 is 1.14 bits per heavy atom. The minimum atomic E-state index is -3.55. The Kier molecular flexibility index (Phi) is 5.42. The summed E-state index contributed by atoms with van der Waals surface area (Å²) >= 11 is 1.42. The maximum Gasteiger partial charge on any atom is 0.243 e. The summed E-state index contributed by atoms with van der Waals surface area (Å²) in [6, 6.07) is 11.2. The largest absolute Gasteiger partial charge is 0.326 e. The Morgan fingerprint density at radius 2 is 1.90 bits per heavy atom. The summed E-state index contributed by atoms with van der Waals surface area (Å²) in [5.41, 5.74) is 2.41. The Bertz CT molecular complexity index is 1160. The first kappa shape index (κ1) is 20.0. The first-order valence-corrected chi connectivity index (χ1v) is 11.8. The van der Waals surface area contributed by atoms with Crippen LogP contribution in [0.3, 0.4) is 0 Å². The first-order chi connectivity index (χ1) is 13.8. The smallest absolute Gasteiger partial charge is 0.243 e. The summed E-state index contributed by atoms with van der Waals surface area (Å²) in [6.45, 7) is 4.40. The van der Waals surface area contributed by atoms with Gasteiger partial charge >= 0.3 is 0 Å². The van der Waals surface area contributed by atoms with Crippen LogP contribution in [0.2, 0.25) is 0 Å². The maximum absolute atomic E-state index is 13.0. The molecule has 0 radical (unpaired) electrons. The normalized spacial score (nSPS) is 16.2. The average Bonchev–Trinajstić information content (AvgIpc) is 3.17. The van der Waals surface area contributed by atoms with Gasteiger partial charge in [-0.25, -0.2) is 8.42 Å². The number of fused-ring (bicyclic) bond motifs is 1. The number of nitrogens with one attached hydrogen (secondary N) is 1. The number of hydrogen-bond donors (Lipinski definition) is 1. The number of benzene rings is 2. The van der Waals surface area contributed by atoms with E-state index in [1.807, 2.05) is 44.2 Å². The van der Waals surface area contributed by atoms with Crippen LogP contribution < -0.4 is 5.32 Å². The summed E-state index contributed by atoms with van der Waals surface area (Å²) in [6.07, 6.45) is 2.81. The van der Waals surface area contributed by atoms with Crippen LogP contribution in [0.5, 0.6) is 0 Å². The summed E-state index contributed by atoms with van der Waals surface area (Å²) < 4.78 is 32.8. The average molecular weight is 430 g/mol. The molecular formula is C21H23N3O3S2. The third kappa shape index (κ3) is 4.05. The fourth-order valence-electron chi connectivity index (χ4n) is 3.68. The van der Waals surface area contributed by atoms with Crippen LogP contribution in [-0.4, -0.2) is 36.1 Å². The Labute approximate surface area is 174 Å². The molecule has 6 nitrogen and oxygen atoms in total. The number of aromatic nitrogens is 1. The monoisotopic (exact) mass is 429 g/mol. The molecule has 4 rings (SSSR count). The van der Waals surface area contributed by atoms with Gasteiger partial charge in [0.25, 0.3) is 0 Å². The quantitative estimate of drug-likeness (QED) is 0.681. The molecule has 1 aliphatic rings. The van der Waals surface area contributed by atoms with Crippen LogP contribution >= 0.6 is 11.5 Å². The molecule has 1 aliphatic heterocycles. The molecule has 2 aromatic carbocycles. The minimum Gasteiger partial charge on any atom is -0.326 e. The van der Waals surface area contributed by atoms with E-state index in [1.165, 1.54) is 15.8 Å². The van der Waals surface area contributed by atoms with Crippen molar-refractivity contribution < 1.29 is 13.2 Å². The summed E-state index contributed by atoms with van der Waals surface area (Å²) in [7, 11) is -3.55. The van der Waals surface area contributed by atoms with Crippen LogP contribution in [0.15, 0.2) is 47.5 Å². The van der Waals surface area contributed by atoms with Gasteiger partial charge in [0.15, 0.2) is 0 Å². The van der Waals surface area contributed by atoms with E-state index in [4.69, 9.17) is 0 Å². The molecule has 1 fully saturated rings. The first-order valence-electron chi connectivity index (χ1n) is 9.57. The number of hydrogen-bond acceptors (Lipinski definition) is 5. The van der Waals surface area contributed by atoms with Crippen LogP contribution in [-0.2, 0) is 14.8 Å². The van der Waals surface area contributed by atoms with Gasteiger partial charge in [0.2, 0.25) is 15.9 Å². The van der Waals surface area contributed by atoms with Gasteiger partial charge in [0, 0.05) is 36.3 Å². The van der Waals surface area contributed by atoms with Crippen molar-refractivity contribution in [3.63, 3.8) is 0 Å². The molecule has 29 heavy (non-hydrogen) atoms. The van der Waals surface area contributed by atoms with Crippen molar-refractivity contribution in [2.75, 3.05) is 18.4 Å². The number of carbonyl (C=O) groups is 1. The molecule has 1 saturated heterocycles. The number of piperidine rings is 1. The van der Waals surface area contributed by atoms with Crippen LogP contribution in [0, 0.1) is 19.8 Å². The van der Waals surface area contributed by atoms with E-state index in [0.717, 1.165) is 26.9 Å². The molecule has 152 valence electrons. The molecule has 0 bridgehead atoms. The second-order valence-electron chi connectivity index (χ2n) is 7.51. The second kappa shape index (κ2) is 7.85. The lowest BCUT2D eigenvalue weighted by Gasteiger charge is -2.31. The highest BCUT2D eigenvalue weighted by molar-refractivity contribution is 7.89. The molecule has 0 aliphatic carbocycles. The van der Waals surface area contributed by atoms with Crippen molar-refractivity contribution in [3.8, 4) is 0 Å². The Morgan fingerprint density at radius 3 is 2.66 bits per heavy atom. The number of aryl methyl sites for hydroxylation is 2. The fourth-order valence-corrected chi connectivity index (χ4v) is 6.08. The van der Waals surface area contributed by atoms with Crippen molar-refractivity contribution in [2.45, 2.75) is 31.6 Å². The summed E-state index contributed by atoms with van der Waals surface area (Å²) in [5, 5.41) is 3.97. The highest BCUT2D eigenvalue weighted by atomic mass is 32.2. The predicted molar refractivity (Wildman–Crippen MR) is 116 cm³/mol. The minimum absolute atomic E-state index is 0.0590. The lowest BCUT2D eigenvalue weighted by molar-refractivity contribution is -0.120. The lowest BCUT2D eigenvalue weighted by atomic mass is 9.97. The molecule has 1 aromatic heterocycles. The molecule has 2 heterocycles. The number of anilines is 1. The Balaban J connectivity index is 1.42. The van der Waals surface area contributed by atoms with Gasteiger partial charge in [-0.3, -0.25) is 4.79 Å². The lowest BCUT2D eigenvalue weighted by Crippen LogP contribution is -2.41. The van der Waals surface area contributed by atoms with Gasteiger partial charge < -0.3 is 5.32 Å². The SMILES string of the molecule is Cc1ccc(C)c(S(=O)(=O)N2CCC(C(=O)Nc3ccc4sncc4c3)CC2)c1. The molecule has 0 unspecified atom stereocenters. The van der Waals surface area contributed by atoms with Crippen molar-refractivity contribution >= 4 is 43.2 Å². The van der Waals surface area contributed by atoms with E-state index in [0.29, 0.717) is 30.8 Å². The number of sulfonamides is 1. The van der Waals surface area contributed by atoms with Gasteiger partial charge in [-0.05, 0) is 73.6 Å². The number of amides is 1. The topological polar surface area (TPSA) is 79.4 Å². The van der Waals surface area contributed by atoms with Crippen LogP contribution in [0.25, 0.3) is 10.1 Å². The third-order valence-electron chi connectivity index (χ3n) is 5.41. The number of nitrogens with zero attached hydrogens (tertiary/aromatic N) is 2. The van der Waals surface area contributed by atoms with E-state index in [-0.39, 0.29) is 11.8 Å². The highest BCUT2D eigenvalue weighted by Crippen LogP contribution is 2.28. The zero-order valence-corrected chi connectivity index (χ0v) is 18.0. The predicted octanol–water partition coefficient (Wildman–Crippen LogP) is 3.95. The van der Waals surface area contributed by atoms with Gasteiger partial charge in [-0.15, -0.1) is 0 Å². The standard InChI is InChI=1S/C21H23N3O3S2/c1-14-3-4-15(2)20(11-14)29(26,27)24-9-7-16(8-10-24)21(25)23-18-5-6-19-17(12-18)13-22-28-19/h3-6,11-13,16H,7-10H2,1-2H3,(H,23,25). The zero-order chi connectivity index (χ0) is 20.6. The third-order valence-corrected chi connectivity index (χ3v) is 8.23. The fraction of sp³-hybridized carbons (Fsp3) is 0.333. The van der Waals surface area contributed by atoms with Gasteiger partial charge in [0.1, 0.15) is 0 Å². The van der Waals surface area contributed by atoms with E-state index in [2.05, 4.69) is 9.69 Å². The van der Waals surface area contributed by atoms with Gasteiger partial charge in [-0.2, -0.15) is 8.68 Å². The number of carbonyl (C=O) groups excluding carboxylic acids is 1. The molecule has 0 spiro atoms. The molecule has 3 aromatic rings. The molecule has 1 amide bonds. The van der Waals surface area contributed by atoms with Crippen LogP contribution in [0.4, 0.5) is 5.69 Å². The van der Waals surface area contributed by atoms with Crippen molar-refractivity contribution in [2.24, 2.45) is 5.92 Å². The van der Waals surface area contributed by atoms with E-state index in [1.54, 1.807) is 12.3 Å². The molecule has 8 heteroatoms. The van der Waals surface area contributed by atoms with Gasteiger partial charge in [0.05, 0.1) is 9.60 Å². The highest BCUT2D eigenvalue weighted by Gasteiger charge is 2.32. The van der Waals surface area contributed by atoms with Crippen molar-refractivity contribution in [1.29, 1.82) is 0 Å². The summed E-state index contributed by atoms with van der Waals surface area (Å²) in [4.78, 5) is 13.0. The number of rotatable bonds is 4. The van der Waals surface area contributed by atoms with Crippen LogP contribution in [0.1, 0.15) is 24.0 Å². The molecule has 0 saturated carbocycles. The molecule has 0 atom stereocenters. The van der Waals surface area contributed by atoms with E-state index in [9.17, 15) is 13.2 Å². The van der Waals surface area contributed by atoms with E-state index < -0.39 is 10.0 Å². The van der Waals surface area contributed by atoms with Crippen molar-refractivity contribution in [3.05, 3.63) is 53.7 Å². The molecular weight excluding hydrogens is 406 g/mol. The summed E-state index contributed by atoms with van der Waals surface area (Å²) in [5.74, 6) is -0.257. The van der Waals surface area contributed by atoms with Crippen molar-refractivity contribution in [1.82, 2.24) is 8.68 Å². The Hall–Kier alpha value is -2.29. The molecule has 1 N–H and O–H groups in total. The second-order valence-corrected chi connectivity index (χ2v) is 10.3. The van der Waals surface area contributed by atoms with E-state index >= 15 is 0 Å². The van der Waals surface area contributed by atoms with Gasteiger partial charge in [-0.1, -0.05) is 12.1 Å². The zero-order valence-electron chi connectivity index (χ0n) is 16.4. The maximum atomic E-state index is 13.0.